The molecule has 1 aromatic rings. The fourth-order valence-corrected chi connectivity index (χ4v) is 2.83. The van der Waals surface area contributed by atoms with Gasteiger partial charge >= 0.3 is 0 Å². The van der Waals surface area contributed by atoms with Crippen LogP contribution in [-0.4, -0.2) is 39.2 Å². The molecule has 1 unspecified atom stereocenters. The Labute approximate surface area is 104 Å². The van der Waals surface area contributed by atoms with Gasteiger partial charge in [-0.2, -0.15) is 0 Å². The molecule has 1 aliphatic heterocycles. The number of carbonyl (C=O) groups excluding carboxylic acids is 2. The molecule has 6 heteroatoms. The third-order valence-corrected chi connectivity index (χ3v) is 3.60. The van der Waals surface area contributed by atoms with E-state index >= 15 is 0 Å². The molecule has 1 fully saturated rings. The van der Waals surface area contributed by atoms with Crippen molar-refractivity contribution in [1.82, 2.24) is 9.88 Å². The Morgan fingerprint density at radius 2 is 2.53 bits per heavy atom. The highest BCUT2D eigenvalue weighted by atomic mass is 32.2. The Morgan fingerprint density at radius 1 is 1.71 bits per heavy atom. The minimum absolute atomic E-state index is 0.0693. The Kier molecular flexibility index (Phi) is 3.83. The largest absolute Gasteiger partial charge is 0.448 e. The van der Waals surface area contributed by atoms with Crippen molar-refractivity contribution in [2.75, 3.05) is 13.1 Å². The first-order chi connectivity index (χ1) is 8.15. The number of rotatable bonds is 4. The average molecular weight is 254 g/mol. The summed E-state index contributed by atoms with van der Waals surface area (Å²) in [5.41, 5.74) is 0. The minimum Gasteiger partial charge on any atom is -0.448 e. The average Bonchev–Trinajstić information content (AvgIpc) is 2.84. The smallest absolute Gasteiger partial charge is 0.223 e. The van der Waals surface area contributed by atoms with E-state index in [-0.39, 0.29) is 16.3 Å². The summed E-state index contributed by atoms with van der Waals surface area (Å²) >= 11 is 1.26. The summed E-state index contributed by atoms with van der Waals surface area (Å²) in [4.78, 5) is 28.3. The summed E-state index contributed by atoms with van der Waals surface area (Å²) in [6.45, 7) is 2.81. The number of aromatic nitrogens is 1. The van der Waals surface area contributed by atoms with Crippen molar-refractivity contribution in [1.29, 1.82) is 0 Å². The summed E-state index contributed by atoms with van der Waals surface area (Å²) in [5, 5.41) is 0.176. The van der Waals surface area contributed by atoms with Gasteiger partial charge in [0, 0.05) is 38.1 Å². The number of oxazole rings is 1. The van der Waals surface area contributed by atoms with Gasteiger partial charge in [-0.1, -0.05) is 11.8 Å². The maximum absolute atomic E-state index is 11.7. The maximum atomic E-state index is 11.7. The number of likely N-dealkylation sites (tertiary alicyclic amines) is 1. The van der Waals surface area contributed by atoms with Crippen LogP contribution in [0.1, 0.15) is 19.1 Å². The predicted molar refractivity (Wildman–Crippen MR) is 63.5 cm³/mol. The van der Waals surface area contributed by atoms with Gasteiger partial charge in [0.25, 0.3) is 0 Å². The van der Waals surface area contributed by atoms with Crippen molar-refractivity contribution in [2.24, 2.45) is 0 Å². The fraction of sp³-hybridized carbons (Fsp3) is 0.545. The highest BCUT2D eigenvalue weighted by molar-refractivity contribution is 8.14. The monoisotopic (exact) mass is 254 g/mol. The second-order valence-electron chi connectivity index (χ2n) is 3.99. The molecule has 0 bridgehead atoms. The molecule has 1 aliphatic rings. The van der Waals surface area contributed by atoms with Gasteiger partial charge in [-0.3, -0.25) is 9.59 Å². The number of nitrogens with zero attached hydrogens (tertiary/aromatic N) is 2. The van der Waals surface area contributed by atoms with Crippen LogP contribution in [-0.2, 0) is 16.0 Å². The topological polar surface area (TPSA) is 63.4 Å². The van der Waals surface area contributed by atoms with E-state index in [2.05, 4.69) is 4.98 Å². The molecule has 1 amide bonds. The molecule has 92 valence electrons. The maximum Gasteiger partial charge on any atom is 0.223 e. The van der Waals surface area contributed by atoms with Crippen LogP contribution in [0.2, 0.25) is 0 Å². The third-order valence-electron chi connectivity index (χ3n) is 2.62. The Balaban J connectivity index is 1.82. The molecule has 0 aliphatic carbocycles. The van der Waals surface area contributed by atoms with Gasteiger partial charge in [0.05, 0.1) is 6.20 Å². The summed E-state index contributed by atoms with van der Waals surface area (Å²) in [7, 11) is 0. The number of hydrogen-bond donors (Lipinski definition) is 0. The molecule has 0 N–H and O–H groups in total. The molecule has 5 nitrogen and oxygen atoms in total. The summed E-state index contributed by atoms with van der Waals surface area (Å²) < 4.78 is 5.11. The SMILES string of the molecule is CC(=O)SC1CC(=O)N(CCc2cnco2)C1. The molecular weight excluding hydrogens is 240 g/mol. The molecule has 2 heterocycles. The predicted octanol–water partition coefficient (Wildman–Crippen LogP) is 1.10. The number of amides is 1. The quantitative estimate of drug-likeness (QED) is 0.805. The summed E-state index contributed by atoms with van der Waals surface area (Å²) in [5.74, 6) is 0.892. The molecule has 17 heavy (non-hydrogen) atoms. The lowest BCUT2D eigenvalue weighted by molar-refractivity contribution is -0.127. The van der Waals surface area contributed by atoms with Crippen molar-refractivity contribution < 1.29 is 14.0 Å². The van der Waals surface area contributed by atoms with E-state index in [1.54, 1.807) is 11.1 Å². The second-order valence-corrected chi connectivity index (χ2v) is 5.47. The molecular formula is C11H14N2O3S. The van der Waals surface area contributed by atoms with Crippen LogP contribution in [0.15, 0.2) is 17.0 Å². The standard InChI is InChI=1S/C11H14N2O3S/c1-8(14)17-10-4-11(15)13(6-10)3-2-9-5-12-7-16-9/h5,7,10H,2-4,6H2,1H3. The fourth-order valence-electron chi connectivity index (χ4n) is 1.88. The summed E-state index contributed by atoms with van der Waals surface area (Å²) in [6, 6.07) is 0. The van der Waals surface area contributed by atoms with Crippen molar-refractivity contribution >= 4 is 22.8 Å². The van der Waals surface area contributed by atoms with Gasteiger partial charge in [-0.25, -0.2) is 4.98 Å². The molecule has 1 saturated heterocycles. The lowest BCUT2D eigenvalue weighted by atomic mass is 10.3. The number of hydrogen-bond acceptors (Lipinski definition) is 5. The van der Waals surface area contributed by atoms with Crippen LogP contribution < -0.4 is 0 Å². The zero-order valence-corrected chi connectivity index (χ0v) is 10.4. The lowest BCUT2D eigenvalue weighted by Gasteiger charge is -2.14. The third kappa shape index (κ3) is 3.33. The molecule has 0 saturated carbocycles. The Morgan fingerprint density at radius 3 is 3.18 bits per heavy atom. The van der Waals surface area contributed by atoms with Crippen LogP contribution in [0, 0.1) is 0 Å². The first-order valence-corrected chi connectivity index (χ1v) is 6.35. The van der Waals surface area contributed by atoms with Crippen LogP contribution in [0.4, 0.5) is 0 Å². The van der Waals surface area contributed by atoms with Crippen molar-refractivity contribution in [2.45, 2.75) is 25.0 Å². The van der Waals surface area contributed by atoms with Crippen molar-refractivity contribution in [3.8, 4) is 0 Å². The first kappa shape index (κ1) is 12.2. The van der Waals surface area contributed by atoms with E-state index in [4.69, 9.17) is 4.42 Å². The highest BCUT2D eigenvalue weighted by Gasteiger charge is 2.30. The van der Waals surface area contributed by atoms with E-state index in [9.17, 15) is 9.59 Å². The number of thioether (sulfide) groups is 1. The Bertz CT molecular complexity index is 405. The lowest BCUT2D eigenvalue weighted by Crippen LogP contribution is -2.27. The van der Waals surface area contributed by atoms with E-state index in [0.29, 0.717) is 25.9 Å². The highest BCUT2D eigenvalue weighted by Crippen LogP contribution is 2.24. The first-order valence-electron chi connectivity index (χ1n) is 5.47. The normalized spacial score (nSPS) is 19.9. The van der Waals surface area contributed by atoms with Gasteiger partial charge in [0.15, 0.2) is 11.5 Å². The van der Waals surface area contributed by atoms with Gasteiger partial charge < -0.3 is 9.32 Å². The second kappa shape index (κ2) is 5.35. The number of carbonyl (C=O) groups is 2. The zero-order chi connectivity index (χ0) is 12.3. The Hall–Kier alpha value is -1.30. The van der Waals surface area contributed by atoms with Crippen molar-refractivity contribution in [3.05, 3.63) is 18.4 Å². The van der Waals surface area contributed by atoms with Crippen LogP contribution in [0.3, 0.4) is 0 Å². The van der Waals surface area contributed by atoms with E-state index in [0.717, 1.165) is 5.76 Å². The van der Waals surface area contributed by atoms with Gasteiger partial charge in [-0.15, -0.1) is 0 Å². The molecule has 0 spiro atoms. The molecule has 0 radical (unpaired) electrons. The van der Waals surface area contributed by atoms with E-state index in [1.165, 1.54) is 25.1 Å². The molecule has 1 atom stereocenters. The van der Waals surface area contributed by atoms with Crippen LogP contribution >= 0.6 is 11.8 Å². The van der Waals surface area contributed by atoms with Gasteiger partial charge in [0.2, 0.25) is 5.91 Å². The van der Waals surface area contributed by atoms with Gasteiger partial charge in [-0.05, 0) is 0 Å². The van der Waals surface area contributed by atoms with E-state index < -0.39 is 0 Å². The van der Waals surface area contributed by atoms with Crippen molar-refractivity contribution in [3.63, 3.8) is 0 Å². The van der Waals surface area contributed by atoms with E-state index in [1.807, 2.05) is 0 Å². The van der Waals surface area contributed by atoms with Crippen LogP contribution in [0.5, 0.6) is 0 Å². The summed E-state index contributed by atoms with van der Waals surface area (Å²) in [6.07, 6.45) is 4.17. The molecule has 2 rings (SSSR count). The minimum atomic E-state index is 0.0693. The van der Waals surface area contributed by atoms with Crippen LogP contribution in [0.25, 0.3) is 0 Å². The van der Waals surface area contributed by atoms with Gasteiger partial charge in [0.1, 0.15) is 5.76 Å². The molecule has 1 aromatic heterocycles. The zero-order valence-electron chi connectivity index (χ0n) is 9.59. The molecule has 0 aromatic carbocycles.